The summed E-state index contributed by atoms with van der Waals surface area (Å²) in [5.41, 5.74) is 4.25. The van der Waals surface area contributed by atoms with E-state index in [1.54, 1.807) is 38.7 Å². The summed E-state index contributed by atoms with van der Waals surface area (Å²) in [4.78, 5) is 35.8. The first kappa shape index (κ1) is 43.0. The molecule has 1 aliphatic rings. The van der Waals surface area contributed by atoms with Crippen LogP contribution in [0, 0.1) is 13.8 Å². The van der Waals surface area contributed by atoms with Crippen molar-refractivity contribution < 1.29 is 33.3 Å². The number of piperazine rings is 1. The minimum atomic E-state index is -1.41. The van der Waals surface area contributed by atoms with E-state index in [-0.39, 0.29) is 18.9 Å². The molecular formula is C45H46ClN7O7S. The summed E-state index contributed by atoms with van der Waals surface area (Å²) in [6, 6.07) is 12.9. The number of aliphatic carboxylic acids is 1. The molecule has 0 amide bonds. The zero-order chi connectivity index (χ0) is 43.0. The molecule has 1 unspecified atom stereocenters. The topological polar surface area (TPSA) is 158 Å². The van der Waals surface area contributed by atoms with Crippen LogP contribution in [-0.2, 0) is 16.1 Å². The van der Waals surface area contributed by atoms with Gasteiger partial charge in [0.05, 0.1) is 39.7 Å². The summed E-state index contributed by atoms with van der Waals surface area (Å²) in [6.07, 6.45) is 6.37. The van der Waals surface area contributed by atoms with Crippen molar-refractivity contribution in [3.05, 3.63) is 120 Å². The summed E-state index contributed by atoms with van der Waals surface area (Å²) < 4.78 is 35.4. The maximum absolute atomic E-state index is 12.9. The second kappa shape index (κ2) is 19.5. The Morgan fingerprint density at radius 3 is 2.54 bits per heavy atom. The maximum atomic E-state index is 12.9. The van der Waals surface area contributed by atoms with E-state index < -0.39 is 12.1 Å². The normalized spacial score (nSPS) is 14.3. The molecule has 6 aromatic rings. The van der Waals surface area contributed by atoms with E-state index in [0.717, 1.165) is 55.4 Å². The van der Waals surface area contributed by atoms with Crippen molar-refractivity contribution in [1.29, 1.82) is 0 Å². The number of carboxylic acids is 1. The van der Waals surface area contributed by atoms with Gasteiger partial charge in [-0.3, -0.25) is 9.88 Å². The molecule has 0 bridgehead atoms. The molecule has 5 heterocycles. The first-order valence-electron chi connectivity index (χ1n) is 19.6. The molecule has 0 radical (unpaired) electrons. The number of methoxy groups -OCH3 is 1. The third-order valence-corrected chi connectivity index (χ3v) is 11.6. The number of aromatic nitrogens is 5. The molecule has 4 aromatic heterocycles. The van der Waals surface area contributed by atoms with Gasteiger partial charge in [-0.1, -0.05) is 49.0 Å². The first-order valence-corrected chi connectivity index (χ1v) is 20.7. The highest BCUT2D eigenvalue weighted by Gasteiger charge is 2.29. The van der Waals surface area contributed by atoms with Gasteiger partial charge in [-0.25, -0.2) is 19.7 Å². The Bertz CT molecular complexity index is 2580. The number of aryl methyl sites for hydroxylation is 1. The molecule has 61 heavy (non-hydrogen) atoms. The van der Waals surface area contributed by atoms with E-state index in [0.29, 0.717) is 84.5 Å². The van der Waals surface area contributed by atoms with Gasteiger partial charge in [0.2, 0.25) is 12.0 Å². The molecule has 2 aromatic carbocycles. The highest BCUT2D eigenvalue weighted by molar-refractivity contribution is 7.13. The highest BCUT2D eigenvalue weighted by atomic mass is 35.5. The third kappa shape index (κ3) is 9.76. The molecule has 14 nitrogen and oxygen atoms in total. The van der Waals surface area contributed by atoms with Gasteiger partial charge in [-0.15, -0.1) is 0 Å². The Morgan fingerprint density at radius 2 is 1.82 bits per heavy atom. The van der Waals surface area contributed by atoms with Crippen LogP contribution >= 0.6 is 23.1 Å². The SMILES string of the molecule is C=C/C(CC(Oc1nsc2cnc(-c3cnc(C)o3)c(-c3ccc(OCCN4CCN(C)CC4)c(Cl)c3C)c12)C(=O)O)=C(\C=C)OCc1ccnc(-c2ccccc2OC)n1. The summed E-state index contributed by atoms with van der Waals surface area (Å²) in [5.74, 6) is 1.71. The van der Waals surface area contributed by atoms with E-state index in [9.17, 15) is 9.90 Å². The maximum Gasteiger partial charge on any atom is 0.345 e. The van der Waals surface area contributed by atoms with Crippen LogP contribution in [0.3, 0.4) is 0 Å². The molecule has 1 aliphatic heterocycles. The summed E-state index contributed by atoms with van der Waals surface area (Å²) in [6.45, 7) is 16.8. The highest BCUT2D eigenvalue weighted by Crippen LogP contribution is 2.46. The zero-order valence-corrected chi connectivity index (χ0v) is 36.0. The molecule has 0 spiro atoms. The number of likely N-dealkylation sites (N-methyl/N-ethyl adjacent to an activating group) is 1. The van der Waals surface area contributed by atoms with E-state index in [4.69, 9.17) is 39.9 Å². The average molecular weight is 864 g/mol. The van der Waals surface area contributed by atoms with Crippen molar-refractivity contribution in [2.24, 2.45) is 0 Å². The Hall–Kier alpha value is -6.13. The van der Waals surface area contributed by atoms with Crippen LogP contribution in [0.15, 0.2) is 102 Å². The number of rotatable bonds is 18. The molecule has 7 rings (SSSR count). The second-order valence-corrected chi connectivity index (χ2v) is 15.5. The van der Waals surface area contributed by atoms with Crippen LogP contribution in [0.5, 0.6) is 17.4 Å². The number of nitrogens with zero attached hydrogens (tertiary/aromatic N) is 7. The Morgan fingerprint density at radius 1 is 1.02 bits per heavy atom. The van der Waals surface area contributed by atoms with Gasteiger partial charge in [0.25, 0.3) is 0 Å². The Labute approximate surface area is 362 Å². The smallest absolute Gasteiger partial charge is 0.345 e. The largest absolute Gasteiger partial charge is 0.496 e. The lowest BCUT2D eigenvalue weighted by atomic mass is 9.95. The first-order chi connectivity index (χ1) is 29.6. The predicted octanol–water partition coefficient (Wildman–Crippen LogP) is 8.44. The van der Waals surface area contributed by atoms with Crippen molar-refractivity contribution in [2.45, 2.75) is 33.0 Å². The number of allylic oxidation sites excluding steroid dienone is 2. The van der Waals surface area contributed by atoms with Crippen molar-refractivity contribution in [2.75, 3.05) is 53.5 Å². The molecule has 1 saturated heterocycles. The van der Waals surface area contributed by atoms with Gasteiger partial charge in [0, 0.05) is 64.0 Å². The number of halogens is 1. The number of oxazole rings is 1. The van der Waals surface area contributed by atoms with E-state index in [1.807, 2.05) is 43.3 Å². The zero-order valence-electron chi connectivity index (χ0n) is 34.4. The van der Waals surface area contributed by atoms with Crippen molar-refractivity contribution in [3.63, 3.8) is 0 Å². The molecule has 1 fully saturated rings. The number of pyridine rings is 1. The minimum Gasteiger partial charge on any atom is -0.496 e. The van der Waals surface area contributed by atoms with Crippen molar-refractivity contribution >= 4 is 39.2 Å². The number of carbonyl (C=O) groups is 1. The fourth-order valence-electron chi connectivity index (χ4n) is 6.98. The number of para-hydroxylation sites is 1. The number of hydrogen-bond donors (Lipinski definition) is 1. The number of benzene rings is 2. The van der Waals surface area contributed by atoms with Gasteiger partial charge in [-0.05, 0) is 72.5 Å². The molecular weight excluding hydrogens is 818 g/mol. The van der Waals surface area contributed by atoms with Crippen molar-refractivity contribution in [3.8, 4) is 51.3 Å². The van der Waals surface area contributed by atoms with Crippen LogP contribution < -0.4 is 14.2 Å². The van der Waals surface area contributed by atoms with E-state index >= 15 is 0 Å². The lowest BCUT2D eigenvalue weighted by molar-refractivity contribution is -0.145. The van der Waals surface area contributed by atoms with Crippen LogP contribution in [0.25, 0.3) is 44.1 Å². The Balaban J connectivity index is 1.18. The van der Waals surface area contributed by atoms with Crippen LogP contribution in [0.2, 0.25) is 5.02 Å². The van der Waals surface area contributed by atoms with E-state index in [2.05, 4.69) is 49.3 Å². The summed E-state index contributed by atoms with van der Waals surface area (Å²) in [5, 5.41) is 11.5. The fourth-order valence-corrected chi connectivity index (χ4v) is 7.89. The van der Waals surface area contributed by atoms with Gasteiger partial charge >= 0.3 is 5.97 Å². The number of carboxylic acid groups (broad SMARTS) is 1. The van der Waals surface area contributed by atoms with Gasteiger partial charge in [0.15, 0.2) is 17.5 Å². The second-order valence-electron chi connectivity index (χ2n) is 14.3. The van der Waals surface area contributed by atoms with Gasteiger partial charge < -0.3 is 33.4 Å². The number of hydrogen-bond acceptors (Lipinski definition) is 14. The standard InChI is InChI=1S/C45H46ClN7O7S/c1-7-29(33(8-2)58-26-30-15-16-47-43(50-30)32-11-9-10-12-34(32)56-6)23-36(45(54)55)60-44-40-38(61-51-44)25-49-42(37-24-48-28(4)59-37)39(40)31-13-14-35(41(46)27(31)3)57-22-21-53-19-17-52(5)18-20-53/h7-16,24-25,36H,1-2,17-23,26H2,3-6H3,(H,54,55)/b33-29-. The van der Waals surface area contributed by atoms with Crippen LogP contribution in [-0.4, -0.2) is 105 Å². The molecule has 0 aliphatic carbocycles. The number of ether oxygens (including phenoxy) is 4. The lowest BCUT2D eigenvalue weighted by Gasteiger charge is -2.32. The fraction of sp³-hybridized carbons (Fsp3) is 0.289. The lowest BCUT2D eigenvalue weighted by Crippen LogP contribution is -2.45. The van der Waals surface area contributed by atoms with Crippen LogP contribution in [0.1, 0.15) is 23.6 Å². The van der Waals surface area contributed by atoms with Gasteiger partial charge in [-0.2, -0.15) is 4.37 Å². The monoisotopic (exact) mass is 863 g/mol. The number of fused-ring (bicyclic) bond motifs is 1. The summed E-state index contributed by atoms with van der Waals surface area (Å²) >= 11 is 8.17. The van der Waals surface area contributed by atoms with Crippen LogP contribution in [0.4, 0.5) is 0 Å². The molecule has 1 N–H and O–H groups in total. The molecule has 16 heteroatoms. The minimum absolute atomic E-state index is 0.0426. The van der Waals surface area contributed by atoms with Gasteiger partial charge in [0.1, 0.15) is 36.2 Å². The predicted molar refractivity (Wildman–Crippen MR) is 235 cm³/mol. The quantitative estimate of drug-likeness (QED) is 0.0648. The third-order valence-electron chi connectivity index (χ3n) is 10.3. The summed E-state index contributed by atoms with van der Waals surface area (Å²) in [7, 11) is 3.72. The Kier molecular flexibility index (Phi) is 13.7. The molecule has 1 atom stereocenters. The molecule has 0 saturated carbocycles. The molecule has 316 valence electrons. The van der Waals surface area contributed by atoms with Crippen molar-refractivity contribution in [1.82, 2.24) is 34.1 Å². The average Bonchev–Trinajstić information content (AvgIpc) is 3.90. The van der Waals surface area contributed by atoms with E-state index in [1.165, 1.54) is 12.2 Å².